The van der Waals surface area contributed by atoms with Gasteiger partial charge in [0.05, 0.1) is 12.2 Å². The zero-order valence-electron chi connectivity index (χ0n) is 12.4. The van der Waals surface area contributed by atoms with Crippen molar-refractivity contribution >= 4 is 0 Å². The van der Waals surface area contributed by atoms with E-state index in [1.54, 1.807) is 0 Å². The summed E-state index contributed by atoms with van der Waals surface area (Å²) in [5, 5.41) is 11.8. The SMILES string of the molecule is CC(C)Oc1ccc(C(C)(C)CNCCC#N)cc1. The fraction of sp³-hybridized carbons (Fsp3) is 0.562. The van der Waals surface area contributed by atoms with Gasteiger partial charge in [0.25, 0.3) is 0 Å². The summed E-state index contributed by atoms with van der Waals surface area (Å²) in [6.07, 6.45) is 0.753. The maximum Gasteiger partial charge on any atom is 0.119 e. The third kappa shape index (κ3) is 5.32. The molecule has 0 unspecified atom stereocenters. The number of nitrogens with zero attached hydrogens (tertiary/aromatic N) is 1. The van der Waals surface area contributed by atoms with Gasteiger partial charge in [-0.25, -0.2) is 0 Å². The van der Waals surface area contributed by atoms with Gasteiger partial charge in [-0.15, -0.1) is 0 Å². The molecule has 19 heavy (non-hydrogen) atoms. The highest BCUT2D eigenvalue weighted by Gasteiger charge is 2.19. The van der Waals surface area contributed by atoms with E-state index in [0.717, 1.165) is 18.8 Å². The second-order valence-corrected chi connectivity index (χ2v) is 5.66. The lowest BCUT2D eigenvalue weighted by atomic mass is 9.84. The molecule has 0 radical (unpaired) electrons. The number of hydrogen-bond donors (Lipinski definition) is 1. The molecule has 104 valence electrons. The number of hydrogen-bond acceptors (Lipinski definition) is 3. The van der Waals surface area contributed by atoms with E-state index < -0.39 is 0 Å². The molecule has 3 nitrogen and oxygen atoms in total. The Labute approximate surface area is 116 Å². The zero-order valence-corrected chi connectivity index (χ0v) is 12.4. The van der Waals surface area contributed by atoms with Gasteiger partial charge in [-0.1, -0.05) is 26.0 Å². The van der Waals surface area contributed by atoms with Crippen molar-refractivity contribution in [1.82, 2.24) is 5.32 Å². The molecule has 0 saturated heterocycles. The van der Waals surface area contributed by atoms with Crippen molar-refractivity contribution < 1.29 is 4.74 Å². The molecule has 0 saturated carbocycles. The van der Waals surface area contributed by atoms with Crippen LogP contribution in [0.15, 0.2) is 24.3 Å². The summed E-state index contributed by atoms with van der Waals surface area (Å²) in [5.41, 5.74) is 1.32. The summed E-state index contributed by atoms with van der Waals surface area (Å²) in [5.74, 6) is 0.909. The Kier molecular flexibility index (Phi) is 5.85. The molecule has 0 bridgehead atoms. The summed E-state index contributed by atoms with van der Waals surface area (Å²) in [4.78, 5) is 0. The van der Waals surface area contributed by atoms with E-state index >= 15 is 0 Å². The minimum atomic E-state index is 0.0474. The second kappa shape index (κ2) is 7.16. The van der Waals surface area contributed by atoms with Crippen molar-refractivity contribution in [1.29, 1.82) is 5.26 Å². The van der Waals surface area contributed by atoms with Gasteiger partial charge in [0.2, 0.25) is 0 Å². The van der Waals surface area contributed by atoms with E-state index in [0.29, 0.717) is 6.42 Å². The maximum atomic E-state index is 8.51. The van der Waals surface area contributed by atoms with Crippen molar-refractivity contribution in [2.75, 3.05) is 13.1 Å². The summed E-state index contributed by atoms with van der Waals surface area (Å²) in [6, 6.07) is 10.4. The van der Waals surface area contributed by atoms with Crippen LogP contribution in [0.25, 0.3) is 0 Å². The molecule has 0 aliphatic heterocycles. The summed E-state index contributed by atoms with van der Waals surface area (Å²) in [7, 11) is 0. The van der Waals surface area contributed by atoms with Gasteiger partial charge in [0.15, 0.2) is 0 Å². The third-order valence-corrected chi connectivity index (χ3v) is 2.99. The van der Waals surface area contributed by atoms with Gasteiger partial charge in [-0.2, -0.15) is 5.26 Å². The Bertz CT molecular complexity index is 415. The molecule has 0 fully saturated rings. The van der Waals surface area contributed by atoms with Crippen molar-refractivity contribution in [2.24, 2.45) is 0 Å². The van der Waals surface area contributed by atoms with Gasteiger partial charge in [-0.05, 0) is 31.5 Å². The lowest BCUT2D eigenvalue weighted by Crippen LogP contribution is -2.33. The monoisotopic (exact) mass is 260 g/mol. The molecule has 0 aromatic heterocycles. The van der Waals surface area contributed by atoms with Crippen LogP contribution in [-0.4, -0.2) is 19.2 Å². The van der Waals surface area contributed by atoms with Crippen LogP contribution >= 0.6 is 0 Å². The van der Waals surface area contributed by atoms with E-state index in [4.69, 9.17) is 10.00 Å². The first kappa shape index (κ1) is 15.5. The molecule has 0 aliphatic rings. The Balaban J connectivity index is 2.60. The first-order valence-electron chi connectivity index (χ1n) is 6.80. The molecule has 1 N–H and O–H groups in total. The maximum absolute atomic E-state index is 8.51. The highest BCUT2D eigenvalue weighted by molar-refractivity contribution is 5.32. The Morgan fingerprint density at radius 2 is 1.89 bits per heavy atom. The normalized spacial score (nSPS) is 11.4. The van der Waals surface area contributed by atoms with E-state index in [1.807, 2.05) is 26.0 Å². The largest absolute Gasteiger partial charge is 0.491 e. The van der Waals surface area contributed by atoms with Crippen LogP contribution in [-0.2, 0) is 5.41 Å². The Hall–Kier alpha value is -1.53. The summed E-state index contributed by atoms with van der Waals surface area (Å²) < 4.78 is 5.64. The van der Waals surface area contributed by atoms with Crippen LogP contribution in [0.1, 0.15) is 39.7 Å². The molecular formula is C16H24N2O. The molecule has 0 heterocycles. The minimum absolute atomic E-state index is 0.0474. The molecule has 0 aliphatic carbocycles. The van der Waals surface area contributed by atoms with E-state index in [1.165, 1.54) is 5.56 Å². The number of nitriles is 1. The lowest BCUT2D eigenvalue weighted by Gasteiger charge is -2.26. The van der Waals surface area contributed by atoms with Crippen molar-refractivity contribution in [2.45, 2.75) is 45.6 Å². The predicted molar refractivity (Wildman–Crippen MR) is 78.3 cm³/mol. The quantitative estimate of drug-likeness (QED) is 0.765. The zero-order chi connectivity index (χ0) is 14.3. The molecule has 1 aromatic carbocycles. The van der Waals surface area contributed by atoms with Gasteiger partial charge < -0.3 is 10.1 Å². The van der Waals surface area contributed by atoms with Gasteiger partial charge in [0, 0.05) is 24.9 Å². The fourth-order valence-electron chi connectivity index (χ4n) is 1.90. The number of rotatable bonds is 7. The highest BCUT2D eigenvalue weighted by Crippen LogP contribution is 2.25. The molecule has 0 atom stereocenters. The van der Waals surface area contributed by atoms with Crippen molar-refractivity contribution in [3.63, 3.8) is 0 Å². The van der Waals surface area contributed by atoms with Gasteiger partial charge in [0.1, 0.15) is 5.75 Å². The molecule has 3 heteroatoms. The lowest BCUT2D eigenvalue weighted by molar-refractivity contribution is 0.242. The average molecular weight is 260 g/mol. The number of benzene rings is 1. The predicted octanol–water partition coefficient (Wildman–Crippen LogP) is 3.25. The van der Waals surface area contributed by atoms with Gasteiger partial charge in [-0.3, -0.25) is 0 Å². The smallest absolute Gasteiger partial charge is 0.119 e. The van der Waals surface area contributed by atoms with E-state index in [2.05, 4.69) is 37.4 Å². The Morgan fingerprint density at radius 3 is 2.42 bits per heavy atom. The van der Waals surface area contributed by atoms with Crippen LogP contribution in [0.2, 0.25) is 0 Å². The van der Waals surface area contributed by atoms with E-state index in [9.17, 15) is 0 Å². The molecule has 0 amide bonds. The second-order valence-electron chi connectivity index (χ2n) is 5.66. The van der Waals surface area contributed by atoms with Gasteiger partial charge >= 0.3 is 0 Å². The van der Waals surface area contributed by atoms with E-state index in [-0.39, 0.29) is 11.5 Å². The van der Waals surface area contributed by atoms with Crippen molar-refractivity contribution in [3.8, 4) is 11.8 Å². The molecule has 1 rings (SSSR count). The van der Waals surface area contributed by atoms with Crippen LogP contribution in [0, 0.1) is 11.3 Å². The third-order valence-electron chi connectivity index (χ3n) is 2.99. The summed E-state index contributed by atoms with van der Waals surface area (Å²) in [6.45, 7) is 10.1. The first-order chi connectivity index (χ1) is 8.95. The minimum Gasteiger partial charge on any atom is -0.491 e. The van der Waals surface area contributed by atoms with Crippen LogP contribution in [0.3, 0.4) is 0 Å². The summed E-state index contributed by atoms with van der Waals surface area (Å²) >= 11 is 0. The molecule has 1 aromatic rings. The molecule has 0 spiro atoms. The Morgan fingerprint density at radius 1 is 1.26 bits per heavy atom. The van der Waals surface area contributed by atoms with Crippen LogP contribution < -0.4 is 10.1 Å². The van der Waals surface area contributed by atoms with Crippen LogP contribution in [0.4, 0.5) is 0 Å². The average Bonchev–Trinajstić information content (AvgIpc) is 2.35. The number of nitrogens with one attached hydrogen (secondary N) is 1. The fourth-order valence-corrected chi connectivity index (χ4v) is 1.90. The highest BCUT2D eigenvalue weighted by atomic mass is 16.5. The topological polar surface area (TPSA) is 45.0 Å². The standard InChI is InChI=1S/C16H24N2O/c1-13(2)19-15-8-6-14(7-9-15)16(3,4)12-18-11-5-10-17/h6-9,13,18H,5,11-12H2,1-4H3. The van der Waals surface area contributed by atoms with Crippen LogP contribution in [0.5, 0.6) is 5.75 Å². The first-order valence-corrected chi connectivity index (χ1v) is 6.80. The molecular weight excluding hydrogens is 236 g/mol. The number of ether oxygens (including phenoxy) is 1. The van der Waals surface area contributed by atoms with Crippen molar-refractivity contribution in [3.05, 3.63) is 29.8 Å².